The molecule has 1 aromatic rings. The first-order chi connectivity index (χ1) is 6.70. The number of nitrogens with two attached hydrogens (primary N) is 1. The molecule has 2 N–H and O–H groups in total. The number of rotatable bonds is 1. The summed E-state index contributed by atoms with van der Waals surface area (Å²) in [7, 11) is 1.42. The van der Waals surface area contributed by atoms with Gasteiger partial charge >= 0.3 is 5.97 Å². The standard InChI is InChI=1S/C9H12N2O2S/c1-13-8(12)5-2-3-7-6(4-5)11-9(10)14-7/h5H,2-4H2,1H3,(H2,10,11)/t5-/m1/s1. The van der Waals surface area contributed by atoms with Crippen molar-refractivity contribution in [1.29, 1.82) is 0 Å². The largest absolute Gasteiger partial charge is 0.469 e. The third kappa shape index (κ3) is 1.59. The molecule has 1 atom stereocenters. The number of anilines is 1. The maximum absolute atomic E-state index is 11.3. The van der Waals surface area contributed by atoms with Crippen molar-refractivity contribution in [3.05, 3.63) is 10.6 Å². The number of aryl methyl sites for hydroxylation is 1. The van der Waals surface area contributed by atoms with Gasteiger partial charge in [0.1, 0.15) is 0 Å². The minimum Gasteiger partial charge on any atom is -0.469 e. The Labute approximate surface area is 86.1 Å². The highest BCUT2D eigenvalue weighted by molar-refractivity contribution is 7.15. The summed E-state index contributed by atoms with van der Waals surface area (Å²) in [5, 5.41) is 0.598. The Kier molecular flexibility index (Phi) is 2.41. The molecule has 0 saturated heterocycles. The molecule has 0 spiro atoms. The van der Waals surface area contributed by atoms with Crippen molar-refractivity contribution in [1.82, 2.24) is 4.98 Å². The maximum atomic E-state index is 11.3. The summed E-state index contributed by atoms with van der Waals surface area (Å²) < 4.78 is 4.72. The smallest absolute Gasteiger partial charge is 0.309 e. The van der Waals surface area contributed by atoms with Gasteiger partial charge < -0.3 is 10.5 Å². The maximum Gasteiger partial charge on any atom is 0.309 e. The fourth-order valence-electron chi connectivity index (χ4n) is 1.77. The lowest BCUT2D eigenvalue weighted by Gasteiger charge is -2.18. The van der Waals surface area contributed by atoms with Gasteiger partial charge in [0, 0.05) is 11.3 Å². The Balaban J connectivity index is 2.16. The second kappa shape index (κ2) is 3.57. The van der Waals surface area contributed by atoms with Crippen LogP contribution in [0.4, 0.5) is 5.13 Å². The van der Waals surface area contributed by atoms with E-state index in [2.05, 4.69) is 4.98 Å². The van der Waals surface area contributed by atoms with Gasteiger partial charge in [0.25, 0.3) is 0 Å². The van der Waals surface area contributed by atoms with E-state index < -0.39 is 0 Å². The number of esters is 1. The molecule has 1 aliphatic rings. The van der Waals surface area contributed by atoms with Crippen molar-refractivity contribution in [2.75, 3.05) is 12.8 Å². The van der Waals surface area contributed by atoms with Gasteiger partial charge in [-0.05, 0) is 12.8 Å². The average Bonchev–Trinajstić information content (AvgIpc) is 2.55. The second-order valence-electron chi connectivity index (χ2n) is 3.38. The molecule has 2 rings (SSSR count). The summed E-state index contributed by atoms with van der Waals surface area (Å²) in [5.41, 5.74) is 6.58. The molecule has 0 saturated carbocycles. The molecule has 76 valence electrons. The van der Waals surface area contributed by atoms with Crippen molar-refractivity contribution in [2.24, 2.45) is 5.92 Å². The monoisotopic (exact) mass is 212 g/mol. The van der Waals surface area contributed by atoms with Crippen LogP contribution in [0, 0.1) is 5.92 Å². The molecule has 1 aromatic heterocycles. The van der Waals surface area contributed by atoms with Crippen LogP contribution in [0.1, 0.15) is 17.0 Å². The summed E-state index contributed by atoms with van der Waals surface area (Å²) >= 11 is 1.53. The Morgan fingerprint density at radius 3 is 3.21 bits per heavy atom. The summed E-state index contributed by atoms with van der Waals surface area (Å²) in [4.78, 5) is 16.7. The van der Waals surface area contributed by atoms with Gasteiger partial charge in [-0.25, -0.2) is 4.98 Å². The van der Waals surface area contributed by atoms with E-state index in [1.165, 1.54) is 23.3 Å². The predicted octanol–water partition coefficient (Wildman–Crippen LogP) is 1.00. The van der Waals surface area contributed by atoms with Gasteiger partial charge in [-0.15, -0.1) is 11.3 Å². The van der Waals surface area contributed by atoms with Crippen LogP contribution in [0.15, 0.2) is 0 Å². The van der Waals surface area contributed by atoms with Gasteiger partial charge in [0.15, 0.2) is 5.13 Å². The fourth-order valence-corrected chi connectivity index (χ4v) is 2.64. The Morgan fingerprint density at radius 2 is 2.50 bits per heavy atom. The van der Waals surface area contributed by atoms with E-state index in [0.29, 0.717) is 11.6 Å². The summed E-state index contributed by atoms with van der Waals surface area (Å²) in [6.07, 6.45) is 2.42. The van der Waals surface area contributed by atoms with Gasteiger partial charge in [-0.1, -0.05) is 0 Å². The van der Waals surface area contributed by atoms with Crippen molar-refractivity contribution < 1.29 is 9.53 Å². The van der Waals surface area contributed by atoms with Crippen LogP contribution in [0.5, 0.6) is 0 Å². The number of methoxy groups -OCH3 is 1. The van der Waals surface area contributed by atoms with Crippen LogP contribution in [0.2, 0.25) is 0 Å². The lowest BCUT2D eigenvalue weighted by molar-refractivity contribution is -0.145. The van der Waals surface area contributed by atoms with Crippen LogP contribution >= 0.6 is 11.3 Å². The molecule has 0 fully saturated rings. The van der Waals surface area contributed by atoms with Crippen molar-refractivity contribution >= 4 is 22.4 Å². The fraction of sp³-hybridized carbons (Fsp3) is 0.556. The van der Waals surface area contributed by atoms with Gasteiger partial charge in [0.2, 0.25) is 0 Å². The molecule has 1 aliphatic carbocycles. The van der Waals surface area contributed by atoms with E-state index >= 15 is 0 Å². The Hall–Kier alpha value is -1.10. The Morgan fingerprint density at radius 1 is 1.71 bits per heavy atom. The first kappa shape index (κ1) is 9.45. The number of thiazole rings is 1. The highest BCUT2D eigenvalue weighted by atomic mass is 32.1. The number of fused-ring (bicyclic) bond motifs is 1. The van der Waals surface area contributed by atoms with E-state index in [4.69, 9.17) is 10.5 Å². The number of nitrogen functional groups attached to an aromatic ring is 1. The molecule has 0 bridgehead atoms. The second-order valence-corrected chi connectivity index (χ2v) is 4.50. The Bertz CT molecular complexity index is 362. The molecule has 14 heavy (non-hydrogen) atoms. The van der Waals surface area contributed by atoms with Crippen molar-refractivity contribution in [2.45, 2.75) is 19.3 Å². The minimum atomic E-state index is -0.137. The van der Waals surface area contributed by atoms with Crippen LogP contribution in [0.25, 0.3) is 0 Å². The number of hydrogen-bond acceptors (Lipinski definition) is 5. The molecule has 4 nitrogen and oxygen atoms in total. The number of aromatic nitrogens is 1. The number of carbonyl (C=O) groups is 1. The molecule has 0 unspecified atom stereocenters. The molecular weight excluding hydrogens is 200 g/mol. The average molecular weight is 212 g/mol. The topological polar surface area (TPSA) is 65.2 Å². The van der Waals surface area contributed by atoms with E-state index in [1.54, 1.807) is 0 Å². The van der Waals surface area contributed by atoms with E-state index in [0.717, 1.165) is 18.5 Å². The number of carbonyl (C=O) groups excluding carboxylic acids is 1. The molecule has 0 aromatic carbocycles. The molecule has 0 aliphatic heterocycles. The zero-order chi connectivity index (χ0) is 10.1. The zero-order valence-electron chi connectivity index (χ0n) is 7.95. The van der Waals surface area contributed by atoms with Crippen molar-refractivity contribution in [3.8, 4) is 0 Å². The van der Waals surface area contributed by atoms with Crippen molar-refractivity contribution in [3.63, 3.8) is 0 Å². The lowest BCUT2D eigenvalue weighted by atomic mass is 9.91. The first-order valence-electron chi connectivity index (χ1n) is 4.52. The van der Waals surface area contributed by atoms with E-state index in [1.807, 2.05) is 0 Å². The van der Waals surface area contributed by atoms with E-state index in [9.17, 15) is 4.79 Å². The van der Waals surface area contributed by atoms with Crippen LogP contribution in [-0.2, 0) is 22.4 Å². The SMILES string of the molecule is COC(=O)[C@@H]1CCc2sc(N)nc2C1. The quantitative estimate of drug-likeness (QED) is 0.705. The van der Waals surface area contributed by atoms with Gasteiger partial charge in [-0.3, -0.25) is 4.79 Å². The molecule has 5 heteroatoms. The highest BCUT2D eigenvalue weighted by Crippen LogP contribution is 2.31. The molecule has 0 amide bonds. The normalized spacial score (nSPS) is 20.2. The summed E-state index contributed by atoms with van der Waals surface area (Å²) in [6, 6.07) is 0. The van der Waals surface area contributed by atoms with Crippen LogP contribution < -0.4 is 5.73 Å². The third-order valence-electron chi connectivity index (χ3n) is 2.49. The lowest BCUT2D eigenvalue weighted by Crippen LogP contribution is -2.23. The predicted molar refractivity (Wildman–Crippen MR) is 54.1 cm³/mol. The van der Waals surface area contributed by atoms with Crippen LogP contribution in [-0.4, -0.2) is 18.1 Å². The number of ether oxygens (including phenoxy) is 1. The number of hydrogen-bond donors (Lipinski definition) is 1. The zero-order valence-corrected chi connectivity index (χ0v) is 8.76. The highest BCUT2D eigenvalue weighted by Gasteiger charge is 2.27. The minimum absolute atomic E-state index is 0.0333. The number of nitrogens with zero attached hydrogens (tertiary/aromatic N) is 1. The third-order valence-corrected chi connectivity index (χ3v) is 3.48. The van der Waals surface area contributed by atoms with Crippen LogP contribution in [0.3, 0.4) is 0 Å². The van der Waals surface area contributed by atoms with Gasteiger partial charge in [-0.2, -0.15) is 0 Å². The summed E-state index contributed by atoms with van der Waals surface area (Å²) in [6.45, 7) is 0. The van der Waals surface area contributed by atoms with E-state index in [-0.39, 0.29) is 11.9 Å². The molecule has 0 radical (unpaired) electrons. The first-order valence-corrected chi connectivity index (χ1v) is 5.34. The summed E-state index contributed by atoms with van der Waals surface area (Å²) in [5.74, 6) is -0.170. The molecule has 1 heterocycles. The van der Waals surface area contributed by atoms with Gasteiger partial charge in [0.05, 0.1) is 18.7 Å². The molecular formula is C9H12N2O2S.